The van der Waals surface area contributed by atoms with Crippen molar-refractivity contribution in [2.75, 3.05) is 19.0 Å². The zero-order valence-electron chi connectivity index (χ0n) is 13.2. The number of ether oxygens (including phenoxy) is 2. The Morgan fingerprint density at radius 3 is 2.24 bits per heavy atom. The van der Waals surface area contributed by atoms with Crippen LogP contribution in [-0.4, -0.2) is 19.8 Å². The van der Waals surface area contributed by atoms with E-state index in [2.05, 4.69) is 12.2 Å². The highest BCUT2D eigenvalue weighted by molar-refractivity contribution is 5.84. The second-order valence-electron chi connectivity index (χ2n) is 5.11. The largest absolute Gasteiger partial charge is 0.497 e. The highest BCUT2D eigenvalue weighted by Crippen LogP contribution is 2.15. The van der Waals surface area contributed by atoms with Crippen molar-refractivity contribution in [3.8, 4) is 5.75 Å². The summed E-state index contributed by atoms with van der Waals surface area (Å²) in [6, 6.07) is 7.17. The van der Waals surface area contributed by atoms with Crippen LogP contribution in [0.3, 0.4) is 0 Å². The molecule has 1 amide bonds. The first-order valence-electron chi connectivity index (χ1n) is 7.84. The van der Waals surface area contributed by atoms with Gasteiger partial charge in [-0.25, -0.2) is 4.79 Å². The third-order valence-electron chi connectivity index (χ3n) is 3.32. The molecule has 0 aliphatic heterocycles. The van der Waals surface area contributed by atoms with Crippen molar-refractivity contribution in [1.29, 1.82) is 0 Å². The van der Waals surface area contributed by atoms with Crippen LogP contribution in [-0.2, 0) is 4.74 Å². The van der Waals surface area contributed by atoms with Gasteiger partial charge in [0.15, 0.2) is 0 Å². The molecule has 0 atom stereocenters. The average Bonchev–Trinajstić information content (AvgIpc) is 2.50. The second kappa shape index (κ2) is 11.0. The van der Waals surface area contributed by atoms with Gasteiger partial charge < -0.3 is 9.47 Å². The maximum absolute atomic E-state index is 11.6. The van der Waals surface area contributed by atoms with Crippen LogP contribution in [0.15, 0.2) is 24.3 Å². The van der Waals surface area contributed by atoms with Crippen LogP contribution in [0.4, 0.5) is 10.5 Å². The molecule has 0 heterocycles. The lowest BCUT2D eigenvalue weighted by molar-refractivity contribution is 0.159. The summed E-state index contributed by atoms with van der Waals surface area (Å²) in [5, 5.41) is 2.70. The van der Waals surface area contributed by atoms with E-state index in [4.69, 9.17) is 9.47 Å². The molecule has 118 valence electrons. The molecule has 0 unspecified atom stereocenters. The number of hydrogen-bond donors (Lipinski definition) is 1. The van der Waals surface area contributed by atoms with Gasteiger partial charge in [-0.1, -0.05) is 45.4 Å². The molecule has 0 saturated carbocycles. The van der Waals surface area contributed by atoms with Crippen molar-refractivity contribution in [1.82, 2.24) is 0 Å². The van der Waals surface area contributed by atoms with Gasteiger partial charge in [-0.15, -0.1) is 0 Å². The summed E-state index contributed by atoms with van der Waals surface area (Å²) in [4.78, 5) is 11.6. The number of rotatable bonds is 10. The molecule has 0 radical (unpaired) electrons. The molecule has 0 aliphatic rings. The van der Waals surface area contributed by atoms with E-state index in [9.17, 15) is 4.79 Å². The molecule has 0 aromatic heterocycles. The molecule has 4 nitrogen and oxygen atoms in total. The number of amides is 1. The van der Waals surface area contributed by atoms with E-state index >= 15 is 0 Å². The van der Waals surface area contributed by atoms with Gasteiger partial charge in [0, 0.05) is 5.69 Å². The maximum atomic E-state index is 11.6. The van der Waals surface area contributed by atoms with E-state index in [1.54, 1.807) is 31.4 Å². The molecule has 0 bridgehead atoms. The number of anilines is 1. The van der Waals surface area contributed by atoms with E-state index < -0.39 is 6.09 Å². The van der Waals surface area contributed by atoms with Crippen LogP contribution in [0.5, 0.6) is 5.75 Å². The summed E-state index contributed by atoms with van der Waals surface area (Å²) >= 11 is 0. The number of unbranched alkanes of at least 4 members (excludes halogenated alkanes) is 6. The highest BCUT2D eigenvalue weighted by atomic mass is 16.5. The molecule has 21 heavy (non-hydrogen) atoms. The average molecular weight is 293 g/mol. The van der Waals surface area contributed by atoms with Gasteiger partial charge in [-0.3, -0.25) is 5.32 Å². The Morgan fingerprint density at radius 2 is 1.62 bits per heavy atom. The number of hydrogen-bond acceptors (Lipinski definition) is 3. The summed E-state index contributed by atoms with van der Waals surface area (Å²) in [7, 11) is 1.61. The first kappa shape index (κ1) is 17.3. The van der Waals surface area contributed by atoms with Crippen molar-refractivity contribution < 1.29 is 14.3 Å². The van der Waals surface area contributed by atoms with Crippen molar-refractivity contribution in [2.45, 2.75) is 51.9 Å². The third kappa shape index (κ3) is 8.23. The van der Waals surface area contributed by atoms with Crippen molar-refractivity contribution >= 4 is 11.8 Å². The molecule has 1 rings (SSSR count). The SMILES string of the molecule is CCCCCCCCCOC(=O)Nc1ccc(OC)cc1. The van der Waals surface area contributed by atoms with Gasteiger partial charge in [0.25, 0.3) is 0 Å². The molecule has 4 heteroatoms. The Kier molecular flexibility index (Phi) is 9.09. The van der Waals surface area contributed by atoms with Crippen LogP contribution in [0.2, 0.25) is 0 Å². The van der Waals surface area contributed by atoms with Gasteiger partial charge >= 0.3 is 6.09 Å². The number of carbonyl (C=O) groups is 1. The Bertz CT molecular complexity index is 390. The summed E-state index contributed by atoms with van der Waals surface area (Å²) in [6.45, 7) is 2.70. The second-order valence-corrected chi connectivity index (χ2v) is 5.11. The maximum Gasteiger partial charge on any atom is 0.411 e. The van der Waals surface area contributed by atoms with Gasteiger partial charge in [-0.2, -0.15) is 0 Å². The quantitative estimate of drug-likeness (QED) is 0.618. The number of carbonyl (C=O) groups excluding carboxylic acids is 1. The monoisotopic (exact) mass is 293 g/mol. The normalized spacial score (nSPS) is 10.2. The summed E-state index contributed by atoms with van der Waals surface area (Å²) in [6.07, 6.45) is 8.08. The summed E-state index contributed by atoms with van der Waals surface area (Å²) in [5.74, 6) is 0.761. The number of nitrogens with one attached hydrogen (secondary N) is 1. The van der Waals surface area contributed by atoms with Gasteiger partial charge in [0.2, 0.25) is 0 Å². The molecule has 0 aliphatic carbocycles. The predicted octanol–water partition coefficient (Wildman–Crippen LogP) is 4.99. The highest BCUT2D eigenvalue weighted by Gasteiger charge is 2.03. The summed E-state index contributed by atoms with van der Waals surface area (Å²) < 4.78 is 10.2. The standard InChI is InChI=1S/C17H27NO3/c1-3-4-5-6-7-8-9-14-21-17(19)18-15-10-12-16(20-2)13-11-15/h10-13H,3-9,14H2,1-2H3,(H,18,19). The first-order valence-corrected chi connectivity index (χ1v) is 7.84. The Morgan fingerprint density at radius 1 is 1.00 bits per heavy atom. The number of benzene rings is 1. The van der Waals surface area contributed by atoms with E-state index in [0.29, 0.717) is 12.3 Å². The molecule has 0 saturated heterocycles. The minimum absolute atomic E-state index is 0.397. The smallest absolute Gasteiger partial charge is 0.411 e. The van der Waals surface area contributed by atoms with Crippen LogP contribution in [0.25, 0.3) is 0 Å². The number of methoxy groups -OCH3 is 1. The molecular weight excluding hydrogens is 266 g/mol. The third-order valence-corrected chi connectivity index (χ3v) is 3.32. The van der Waals surface area contributed by atoms with E-state index in [-0.39, 0.29) is 0 Å². The van der Waals surface area contributed by atoms with Crippen molar-refractivity contribution in [2.24, 2.45) is 0 Å². The van der Waals surface area contributed by atoms with Gasteiger partial charge in [-0.05, 0) is 30.7 Å². The van der Waals surface area contributed by atoms with Gasteiger partial charge in [0.05, 0.1) is 13.7 Å². The molecular formula is C17H27NO3. The zero-order chi connectivity index (χ0) is 15.3. The lowest BCUT2D eigenvalue weighted by Gasteiger charge is -2.07. The minimum Gasteiger partial charge on any atom is -0.497 e. The van der Waals surface area contributed by atoms with Crippen LogP contribution >= 0.6 is 0 Å². The van der Waals surface area contributed by atoms with Crippen LogP contribution in [0, 0.1) is 0 Å². The lowest BCUT2D eigenvalue weighted by Crippen LogP contribution is -2.14. The van der Waals surface area contributed by atoms with Crippen LogP contribution in [0.1, 0.15) is 51.9 Å². The fourth-order valence-corrected chi connectivity index (χ4v) is 2.05. The molecule has 1 aromatic rings. The van der Waals surface area contributed by atoms with Crippen LogP contribution < -0.4 is 10.1 Å². The Labute approximate surface area is 127 Å². The molecule has 1 N–H and O–H groups in total. The Hall–Kier alpha value is -1.71. The summed E-state index contributed by atoms with van der Waals surface area (Å²) in [5.41, 5.74) is 0.709. The topological polar surface area (TPSA) is 47.6 Å². The van der Waals surface area contributed by atoms with E-state index in [1.165, 1.54) is 32.1 Å². The van der Waals surface area contributed by atoms with Crippen molar-refractivity contribution in [3.63, 3.8) is 0 Å². The van der Waals surface area contributed by atoms with E-state index in [1.807, 2.05) is 0 Å². The minimum atomic E-state index is -0.397. The molecule has 0 fully saturated rings. The molecule has 0 spiro atoms. The van der Waals surface area contributed by atoms with Gasteiger partial charge in [0.1, 0.15) is 5.75 Å². The lowest BCUT2D eigenvalue weighted by atomic mass is 10.1. The predicted molar refractivity (Wildman–Crippen MR) is 86.0 cm³/mol. The Balaban J connectivity index is 2.05. The zero-order valence-corrected chi connectivity index (χ0v) is 13.2. The first-order chi connectivity index (χ1) is 10.3. The fourth-order valence-electron chi connectivity index (χ4n) is 2.05. The van der Waals surface area contributed by atoms with Crippen molar-refractivity contribution in [3.05, 3.63) is 24.3 Å². The molecule has 1 aromatic carbocycles. The van der Waals surface area contributed by atoms with E-state index in [0.717, 1.165) is 18.6 Å². The fraction of sp³-hybridized carbons (Fsp3) is 0.588.